The normalized spacial score (nSPS) is 16.5. The van der Waals surface area contributed by atoms with Crippen molar-refractivity contribution in [1.29, 1.82) is 0 Å². The van der Waals surface area contributed by atoms with Gasteiger partial charge in [0.05, 0.1) is 17.2 Å². The first-order chi connectivity index (χ1) is 17.1. The second-order valence-corrected chi connectivity index (χ2v) is 9.20. The number of nitrogens with one attached hydrogen (secondary N) is 1. The number of benzene rings is 2. The smallest absolute Gasteiger partial charge is 0.256 e. The van der Waals surface area contributed by atoms with Crippen LogP contribution in [0, 0.1) is 17.7 Å². The first-order valence-corrected chi connectivity index (χ1v) is 12.1. The number of aromatic nitrogens is 2. The molecule has 0 unspecified atom stereocenters. The summed E-state index contributed by atoms with van der Waals surface area (Å²) in [6, 6.07) is 17.8. The Hall–Kier alpha value is -3.65. The summed E-state index contributed by atoms with van der Waals surface area (Å²) in [7, 11) is 0. The van der Waals surface area contributed by atoms with Gasteiger partial charge in [-0.15, -0.1) is 5.10 Å². The minimum Gasteiger partial charge on any atom is -0.339 e. The summed E-state index contributed by atoms with van der Waals surface area (Å²) in [6.45, 7) is 2.60. The molecule has 3 heterocycles. The Balaban J connectivity index is 1.22. The number of likely N-dealkylation sites (tertiary alicyclic amines) is 1. The first kappa shape index (κ1) is 23.1. The van der Waals surface area contributed by atoms with Gasteiger partial charge in [0.2, 0.25) is 5.91 Å². The van der Waals surface area contributed by atoms with Crippen LogP contribution in [-0.4, -0.2) is 53.1 Å². The van der Waals surface area contributed by atoms with Crippen molar-refractivity contribution in [2.24, 2.45) is 11.8 Å². The van der Waals surface area contributed by atoms with Gasteiger partial charge in [0.15, 0.2) is 5.82 Å². The number of hydrogen-bond donors (Lipinski definition) is 1. The van der Waals surface area contributed by atoms with Crippen LogP contribution in [0.25, 0.3) is 0 Å². The number of amides is 2. The van der Waals surface area contributed by atoms with Crippen LogP contribution in [0.4, 0.5) is 15.9 Å². The van der Waals surface area contributed by atoms with E-state index in [9.17, 15) is 14.0 Å². The largest absolute Gasteiger partial charge is 0.339 e. The summed E-state index contributed by atoms with van der Waals surface area (Å²) in [5.74, 6) is 0.217. The third-order valence-electron chi connectivity index (χ3n) is 6.86. The third-order valence-corrected chi connectivity index (χ3v) is 6.86. The Labute approximate surface area is 204 Å². The molecule has 0 radical (unpaired) electrons. The maximum absolute atomic E-state index is 14.0. The molecule has 2 aromatic carbocycles. The summed E-state index contributed by atoms with van der Waals surface area (Å²) in [5, 5.41) is 11.3. The molecule has 3 aromatic rings. The van der Waals surface area contributed by atoms with E-state index in [1.54, 1.807) is 46.3 Å². The fraction of sp³-hybridized carbons (Fsp3) is 0.333. The molecule has 2 amide bonds. The van der Waals surface area contributed by atoms with Gasteiger partial charge in [-0.05, 0) is 67.1 Å². The second kappa shape index (κ2) is 10.3. The van der Waals surface area contributed by atoms with Crippen molar-refractivity contribution in [1.82, 2.24) is 20.4 Å². The summed E-state index contributed by atoms with van der Waals surface area (Å²) in [5.41, 5.74) is 2.10. The molecular formula is C27H28FN5O2. The molecule has 1 aromatic heterocycles. The van der Waals surface area contributed by atoms with Crippen LogP contribution >= 0.6 is 0 Å². The summed E-state index contributed by atoms with van der Waals surface area (Å²) >= 11 is 0. The lowest BCUT2D eigenvalue weighted by Crippen LogP contribution is -2.51. The van der Waals surface area contributed by atoms with Crippen molar-refractivity contribution in [3.05, 3.63) is 83.8 Å². The second-order valence-electron chi connectivity index (χ2n) is 9.20. The molecule has 2 fully saturated rings. The highest BCUT2D eigenvalue weighted by Gasteiger charge is 2.32. The average Bonchev–Trinajstić information content (AvgIpc) is 2.85. The molecular weight excluding hydrogens is 445 g/mol. The van der Waals surface area contributed by atoms with Crippen LogP contribution in [0.2, 0.25) is 0 Å². The molecule has 35 heavy (non-hydrogen) atoms. The summed E-state index contributed by atoms with van der Waals surface area (Å²) in [6.07, 6.45) is 4.24. The van der Waals surface area contributed by atoms with Crippen molar-refractivity contribution in [3.63, 3.8) is 0 Å². The minimum absolute atomic E-state index is 0.0175. The van der Waals surface area contributed by atoms with Crippen molar-refractivity contribution in [2.75, 3.05) is 31.1 Å². The van der Waals surface area contributed by atoms with E-state index in [-0.39, 0.29) is 23.3 Å². The van der Waals surface area contributed by atoms with Crippen molar-refractivity contribution in [3.8, 4) is 0 Å². The highest BCUT2D eigenvalue weighted by molar-refractivity contribution is 6.01. The fourth-order valence-corrected chi connectivity index (χ4v) is 4.69. The van der Waals surface area contributed by atoms with Gasteiger partial charge in [0.1, 0.15) is 5.82 Å². The third kappa shape index (κ3) is 5.07. The molecule has 0 saturated carbocycles. The van der Waals surface area contributed by atoms with E-state index in [4.69, 9.17) is 0 Å². The Bertz CT molecular complexity index is 1180. The lowest BCUT2D eigenvalue weighted by molar-refractivity contribution is -0.123. The van der Waals surface area contributed by atoms with Crippen LogP contribution in [0.5, 0.6) is 0 Å². The topological polar surface area (TPSA) is 78.4 Å². The predicted molar refractivity (Wildman–Crippen MR) is 131 cm³/mol. The van der Waals surface area contributed by atoms with Gasteiger partial charge in [0, 0.05) is 32.4 Å². The Morgan fingerprint density at radius 3 is 2.37 bits per heavy atom. The van der Waals surface area contributed by atoms with Gasteiger partial charge in [-0.25, -0.2) is 4.39 Å². The lowest BCUT2D eigenvalue weighted by Gasteiger charge is -2.32. The number of hydrogen-bond acceptors (Lipinski definition) is 5. The van der Waals surface area contributed by atoms with E-state index in [0.29, 0.717) is 37.9 Å². The van der Waals surface area contributed by atoms with E-state index < -0.39 is 5.82 Å². The molecule has 7 nitrogen and oxygen atoms in total. The van der Waals surface area contributed by atoms with E-state index in [1.807, 2.05) is 12.1 Å². The molecule has 0 spiro atoms. The molecule has 1 N–H and O–H groups in total. The predicted octanol–water partition coefficient (Wildman–Crippen LogP) is 3.59. The minimum atomic E-state index is -0.470. The highest BCUT2D eigenvalue weighted by atomic mass is 19.1. The maximum Gasteiger partial charge on any atom is 0.256 e. The van der Waals surface area contributed by atoms with E-state index in [2.05, 4.69) is 27.6 Å². The average molecular weight is 474 g/mol. The maximum atomic E-state index is 14.0. The number of halogens is 1. The van der Waals surface area contributed by atoms with Crippen molar-refractivity contribution < 1.29 is 14.0 Å². The number of rotatable bonds is 6. The number of nitrogens with zero attached hydrogens (tertiary/aromatic N) is 4. The zero-order chi connectivity index (χ0) is 24.2. The van der Waals surface area contributed by atoms with Crippen LogP contribution in [0.3, 0.4) is 0 Å². The molecule has 0 atom stereocenters. The summed E-state index contributed by atoms with van der Waals surface area (Å²) in [4.78, 5) is 29.2. The number of carbonyl (C=O) groups excluding carboxylic acids is 2. The van der Waals surface area contributed by atoms with Crippen LogP contribution in [0.1, 0.15) is 28.8 Å². The number of carbonyl (C=O) groups is 2. The van der Waals surface area contributed by atoms with Gasteiger partial charge in [-0.1, -0.05) is 24.3 Å². The quantitative estimate of drug-likeness (QED) is 0.592. The SMILES string of the molecule is O=C(c1ccccc1F)N1CCC(Cc2ccc(N(C(=O)C3CNC3)c3cccnn3)cc2)CC1. The van der Waals surface area contributed by atoms with E-state index >= 15 is 0 Å². The molecule has 0 bridgehead atoms. The van der Waals surface area contributed by atoms with Gasteiger partial charge in [-0.2, -0.15) is 5.10 Å². The standard InChI is InChI=1S/C27H28FN5O2/c28-24-5-2-1-4-23(24)27(35)32-14-11-20(12-15-32)16-19-7-9-22(10-8-19)33(25-6-3-13-30-31-25)26(34)21-17-29-18-21/h1-10,13,20-21,29H,11-12,14-18H2. The Kier molecular flexibility index (Phi) is 6.81. The van der Waals surface area contributed by atoms with Gasteiger partial charge >= 0.3 is 0 Å². The number of piperidine rings is 1. The zero-order valence-corrected chi connectivity index (χ0v) is 19.4. The molecule has 2 saturated heterocycles. The van der Waals surface area contributed by atoms with Gasteiger partial charge in [-0.3, -0.25) is 14.5 Å². The van der Waals surface area contributed by atoms with E-state index in [1.165, 1.54) is 11.6 Å². The monoisotopic (exact) mass is 473 g/mol. The summed E-state index contributed by atoms with van der Waals surface area (Å²) < 4.78 is 14.0. The van der Waals surface area contributed by atoms with Crippen LogP contribution in [0.15, 0.2) is 66.9 Å². The Morgan fingerprint density at radius 1 is 1.00 bits per heavy atom. The number of anilines is 2. The molecule has 0 aliphatic carbocycles. The molecule has 5 rings (SSSR count). The zero-order valence-electron chi connectivity index (χ0n) is 19.4. The van der Waals surface area contributed by atoms with Crippen LogP contribution < -0.4 is 10.2 Å². The molecule has 180 valence electrons. The van der Waals surface area contributed by atoms with Gasteiger partial charge < -0.3 is 10.2 Å². The van der Waals surface area contributed by atoms with Crippen LogP contribution in [-0.2, 0) is 11.2 Å². The Morgan fingerprint density at radius 2 is 1.74 bits per heavy atom. The lowest BCUT2D eigenvalue weighted by atomic mass is 9.90. The first-order valence-electron chi connectivity index (χ1n) is 12.1. The molecule has 2 aliphatic rings. The highest BCUT2D eigenvalue weighted by Crippen LogP contribution is 2.29. The van der Waals surface area contributed by atoms with Gasteiger partial charge in [0.25, 0.3) is 5.91 Å². The molecule has 2 aliphatic heterocycles. The van der Waals surface area contributed by atoms with Crippen molar-refractivity contribution in [2.45, 2.75) is 19.3 Å². The van der Waals surface area contributed by atoms with E-state index in [0.717, 1.165) is 24.9 Å². The molecule has 8 heteroatoms. The van der Waals surface area contributed by atoms with Crippen molar-refractivity contribution >= 4 is 23.3 Å². The fourth-order valence-electron chi connectivity index (χ4n) is 4.69.